The van der Waals surface area contributed by atoms with Crippen molar-refractivity contribution in [3.8, 4) is 0 Å². The number of hydrogen-bond acceptors (Lipinski definition) is 2. The Balaban J connectivity index is 4.19. The molecule has 3 N–H and O–H groups in total. The van der Waals surface area contributed by atoms with Gasteiger partial charge >= 0.3 is 12.0 Å². The average molecular weight is 230 g/mol. The smallest absolute Gasteiger partial charge is 0.326 e. The van der Waals surface area contributed by atoms with Crippen LogP contribution in [0.25, 0.3) is 0 Å². The van der Waals surface area contributed by atoms with E-state index in [1.807, 2.05) is 27.7 Å². The van der Waals surface area contributed by atoms with E-state index in [2.05, 4.69) is 10.6 Å². The van der Waals surface area contributed by atoms with Crippen LogP contribution in [-0.2, 0) is 4.79 Å². The monoisotopic (exact) mass is 230 g/mol. The topological polar surface area (TPSA) is 78.4 Å². The van der Waals surface area contributed by atoms with E-state index < -0.39 is 18.0 Å². The lowest BCUT2D eigenvalue weighted by molar-refractivity contribution is -0.140. The molecule has 0 saturated heterocycles. The largest absolute Gasteiger partial charge is 0.480 e. The predicted octanol–water partition coefficient (Wildman–Crippen LogP) is 1.44. The lowest BCUT2D eigenvalue weighted by Crippen LogP contribution is -2.49. The fraction of sp³-hybridized carbons (Fsp3) is 0.818. The third-order valence-electron chi connectivity index (χ3n) is 2.44. The molecule has 2 atom stereocenters. The Kier molecular flexibility index (Phi) is 6.53. The molecule has 0 aromatic heterocycles. The highest BCUT2D eigenvalue weighted by molar-refractivity contribution is 5.82. The lowest BCUT2D eigenvalue weighted by Gasteiger charge is -2.20. The van der Waals surface area contributed by atoms with Crippen LogP contribution in [-0.4, -0.2) is 29.7 Å². The van der Waals surface area contributed by atoms with Gasteiger partial charge in [-0.15, -0.1) is 0 Å². The van der Waals surface area contributed by atoms with Crippen molar-refractivity contribution in [2.24, 2.45) is 11.8 Å². The predicted molar refractivity (Wildman–Crippen MR) is 62.3 cm³/mol. The second kappa shape index (κ2) is 7.09. The van der Waals surface area contributed by atoms with Gasteiger partial charge in [-0.05, 0) is 11.8 Å². The summed E-state index contributed by atoms with van der Waals surface area (Å²) < 4.78 is 0. The van der Waals surface area contributed by atoms with Gasteiger partial charge in [-0.1, -0.05) is 34.1 Å². The summed E-state index contributed by atoms with van der Waals surface area (Å²) in [6.45, 7) is 8.20. The molecule has 0 rings (SSSR count). The summed E-state index contributed by atoms with van der Waals surface area (Å²) in [4.78, 5) is 22.3. The molecule has 0 aliphatic heterocycles. The van der Waals surface area contributed by atoms with Crippen LogP contribution in [0.3, 0.4) is 0 Å². The molecule has 0 heterocycles. The van der Waals surface area contributed by atoms with Crippen LogP contribution < -0.4 is 10.6 Å². The van der Waals surface area contributed by atoms with E-state index in [-0.39, 0.29) is 5.92 Å². The zero-order chi connectivity index (χ0) is 12.7. The second-order valence-electron chi connectivity index (χ2n) is 4.45. The molecule has 0 aromatic carbocycles. The quantitative estimate of drug-likeness (QED) is 0.646. The Labute approximate surface area is 96.6 Å². The van der Waals surface area contributed by atoms with Crippen LogP contribution in [0, 0.1) is 11.8 Å². The first-order valence-electron chi connectivity index (χ1n) is 5.65. The first kappa shape index (κ1) is 14.7. The normalized spacial score (nSPS) is 14.3. The zero-order valence-electron chi connectivity index (χ0n) is 10.4. The van der Waals surface area contributed by atoms with E-state index in [1.165, 1.54) is 0 Å². The zero-order valence-corrected chi connectivity index (χ0v) is 10.4. The summed E-state index contributed by atoms with van der Waals surface area (Å²) in [6.07, 6.45) is 0.710. The van der Waals surface area contributed by atoms with E-state index in [9.17, 15) is 9.59 Å². The van der Waals surface area contributed by atoms with Gasteiger partial charge in [-0.2, -0.15) is 0 Å². The molecule has 0 spiro atoms. The van der Waals surface area contributed by atoms with Crippen molar-refractivity contribution in [2.45, 2.75) is 40.2 Å². The van der Waals surface area contributed by atoms with Gasteiger partial charge in [0.25, 0.3) is 0 Å². The first-order valence-corrected chi connectivity index (χ1v) is 5.65. The van der Waals surface area contributed by atoms with Crippen LogP contribution in [0.1, 0.15) is 34.1 Å². The molecule has 0 fully saturated rings. The van der Waals surface area contributed by atoms with Gasteiger partial charge in [0.1, 0.15) is 6.04 Å². The molecule has 2 amide bonds. The summed E-state index contributed by atoms with van der Waals surface area (Å²) in [7, 11) is 0. The van der Waals surface area contributed by atoms with Crippen molar-refractivity contribution in [1.82, 2.24) is 10.6 Å². The number of carboxylic acids is 1. The number of amides is 2. The Hall–Kier alpha value is -1.26. The van der Waals surface area contributed by atoms with Gasteiger partial charge in [0, 0.05) is 6.54 Å². The summed E-state index contributed by atoms with van der Waals surface area (Å²) in [6, 6.07) is -1.24. The highest BCUT2D eigenvalue weighted by Crippen LogP contribution is 2.07. The third kappa shape index (κ3) is 5.58. The van der Waals surface area contributed by atoms with Gasteiger partial charge < -0.3 is 15.7 Å². The number of rotatable bonds is 6. The van der Waals surface area contributed by atoms with Crippen molar-refractivity contribution in [3.63, 3.8) is 0 Å². The van der Waals surface area contributed by atoms with E-state index in [1.54, 1.807) is 0 Å². The van der Waals surface area contributed by atoms with E-state index in [0.717, 1.165) is 0 Å². The minimum absolute atomic E-state index is 0.0812. The third-order valence-corrected chi connectivity index (χ3v) is 2.44. The maximum Gasteiger partial charge on any atom is 0.326 e. The van der Waals surface area contributed by atoms with Gasteiger partial charge in [-0.3, -0.25) is 0 Å². The molecule has 0 aromatic rings. The van der Waals surface area contributed by atoms with Crippen molar-refractivity contribution >= 4 is 12.0 Å². The maximum absolute atomic E-state index is 11.4. The van der Waals surface area contributed by atoms with Crippen LogP contribution in [0.4, 0.5) is 4.79 Å². The van der Waals surface area contributed by atoms with Crippen molar-refractivity contribution in [2.75, 3.05) is 6.54 Å². The number of carbonyl (C=O) groups is 2. The summed E-state index contributed by atoms with van der Waals surface area (Å²) in [5, 5.41) is 14.1. The molecule has 16 heavy (non-hydrogen) atoms. The lowest BCUT2D eigenvalue weighted by atomic mass is 9.99. The standard InChI is InChI=1S/C11H22N2O3/c1-5-8(4)9(10(14)15)13-11(16)12-6-7(2)3/h7-9H,5-6H2,1-4H3,(H,14,15)(H2,12,13,16)/t8-,9-/m1/s1. The molecular formula is C11H22N2O3. The van der Waals surface area contributed by atoms with E-state index in [4.69, 9.17) is 5.11 Å². The highest BCUT2D eigenvalue weighted by Gasteiger charge is 2.24. The molecular weight excluding hydrogens is 208 g/mol. The van der Waals surface area contributed by atoms with Crippen LogP contribution >= 0.6 is 0 Å². The SMILES string of the molecule is CC[C@@H](C)[C@@H](NC(=O)NCC(C)C)C(=O)O. The van der Waals surface area contributed by atoms with Gasteiger partial charge in [0.2, 0.25) is 0 Å². The Morgan fingerprint density at radius 3 is 2.19 bits per heavy atom. The molecule has 5 nitrogen and oxygen atoms in total. The Morgan fingerprint density at radius 1 is 1.25 bits per heavy atom. The van der Waals surface area contributed by atoms with Crippen molar-refractivity contribution < 1.29 is 14.7 Å². The number of aliphatic carboxylic acids is 1. The number of carbonyl (C=O) groups excluding carboxylic acids is 1. The summed E-state index contributed by atoms with van der Waals surface area (Å²) in [5.74, 6) is -0.728. The Morgan fingerprint density at radius 2 is 1.81 bits per heavy atom. The van der Waals surface area contributed by atoms with Crippen LogP contribution in [0.15, 0.2) is 0 Å². The number of carboxylic acid groups (broad SMARTS) is 1. The average Bonchev–Trinajstić information content (AvgIpc) is 2.21. The molecule has 0 saturated carbocycles. The second-order valence-corrected chi connectivity index (χ2v) is 4.45. The fourth-order valence-electron chi connectivity index (χ4n) is 1.17. The molecule has 0 radical (unpaired) electrons. The van der Waals surface area contributed by atoms with Crippen LogP contribution in [0.5, 0.6) is 0 Å². The molecule has 0 aliphatic carbocycles. The van der Waals surface area contributed by atoms with Crippen LogP contribution in [0.2, 0.25) is 0 Å². The molecule has 5 heteroatoms. The summed E-state index contributed by atoms with van der Waals surface area (Å²) in [5.41, 5.74) is 0. The molecule has 0 aliphatic rings. The minimum Gasteiger partial charge on any atom is -0.480 e. The highest BCUT2D eigenvalue weighted by atomic mass is 16.4. The van der Waals surface area contributed by atoms with E-state index >= 15 is 0 Å². The number of urea groups is 1. The Bertz CT molecular complexity index is 241. The molecule has 0 unspecified atom stereocenters. The number of hydrogen-bond donors (Lipinski definition) is 3. The van der Waals surface area contributed by atoms with Crippen molar-refractivity contribution in [1.29, 1.82) is 0 Å². The summed E-state index contributed by atoms with van der Waals surface area (Å²) >= 11 is 0. The van der Waals surface area contributed by atoms with Gasteiger partial charge in [0.15, 0.2) is 0 Å². The fourth-order valence-corrected chi connectivity index (χ4v) is 1.17. The number of nitrogens with one attached hydrogen (secondary N) is 2. The maximum atomic E-state index is 11.4. The first-order chi connectivity index (χ1) is 7.38. The molecule has 0 bridgehead atoms. The van der Waals surface area contributed by atoms with Gasteiger partial charge in [0.05, 0.1) is 0 Å². The minimum atomic E-state index is -0.992. The molecule has 94 valence electrons. The van der Waals surface area contributed by atoms with Gasteiger partial charge in [-0.25, -0.2) is 9.59 Å². The van der Waals surface area contributed by atoms with Crippen molar-refractivity contribution in [3.05, 3.63) is 0 Å². The van der Waals surface area contributed by atoms with E-state index in [0.29, 0.717) is 18.9 Å².